The summed E-state index contributed by atoms with van der Waals surface area (Å²) in [5, 5.41) is 5.73. The maximum atomic E-state index is 12.4. The summed E-state index contributed by atoms with van der Waals surface area (Å²) < 4.78 is 10.1. The van der Waals surface area contributed by atoms with Gasteiger partial charge >= 0.3 is 0 Å². The molecule has 0 radical (unpaired) electrons. The smallest absolute Gasteiger partial charge is 0.255 e. The van der Waals surface area contributed by atoms with E-state index in [2.05, 4.69) is 10.6 Å². The maximum Gasteiger partial charge on any atom is 0.255 e. The number of carbonyl (C=O) groups is 2. The van der Waals surface area contributed by atoms with Gasteiger partial charge in [-0.2, -0.15) is 0 Å². The molecule has 0 saturated heterocycles. The van der Waals surface area contributed by atoms with Crippen LogP contribution >= 0.6 is 11.6 Å². The Balaban J connectivity index is 2.08. The molecule has 132 valence electrons. The zero-order valence-electron chi connectivity index (χ0n) is 14.0. The molecule has 2 aromatic carbocycles. The summed E-state index contributed by atoms with van der Waals surface area (Å²) in [4.78, 5) is 24.1. The van der Waals surface area contributed by atoms with Crippen LogP contribution in [0.5, 0.6) is 5.75 Å². The van der Waals surface area contributed by atoms with Gasteiger partial charge in [0.15, 0.2) is 0 Å². The summed E-state index contributed by atoms with van der Waals surface area (Å²) in [6.07, 6.45) is 0. The van der Waals surface area contributed by atoms with Crippen LogP contribution in [0.1, 0.15) is 17.3 Å². The SMILES string of the molecule is CCOCC(=O)Nc1cc(C(=O)Nc2ccc(OC)cc2)ccc1Cl. The third-order valence-electron chi connectivity index (χ3n) is 3.29. The number of hydrogen-bond donors (Lipinski definition) is 2. The van der Waals surface area contributed by atoms with Crippen LogP contribution in [0, 0.1) is 0 Å². The first-order valence-corrected chi connectivity index (χ1v) is 8.03. The average Bonchev–Trinajstić information content (AvgIpc) is 2.62. The molecule has 0 heterocycles. The first-order chi connectivity index (χ1) is 12.0. The number of hydrogen-bond acceptors (Lipinski definition) is 4. The lowest BCUT2D eigenvalue weighted by Gasteiger charge is -2.10. The minimum absolute atomic E-state index is 0.0743. The van der Waals surface area contributed by atoms with Crippen LogP contribution in [-0.2, 0) is 9.53 Å². The van der Waals surface area contributed by atoms with E-state index in [1.165, 1.54) is 6.07 Å². The predicted molar refractivity (Wildman–Crippen MR) is 97.5 cm³/mol. The Bertz CT molecular complexity index is 747. The van der Waals surface area contributed by atoms with Gasteiger partial charge in [0.1, 0.15) is 12.4 Å². The molecule has 2 rings (SSSR count). The molecule has 7 heteroatoms. The lowest BCUT2D eigenvalue weighted by Crippen LogP contribution is -2.19. The molecule has 0 bridgehead atoms. The number of nitrogens with one attached hydrogen (secondary N) is 2. The quantitative estimate of drug-likeness (QED) is 0.789. The van der Waals surface area contributed by atoms with Crippen molar-refractivity contribution in [3.05, 3.63) is 53.1 Å². The van der Waals surface area contributed by atoms with Crippen LogP contribution in [0.4, 0.5) is 11.4 Å². The van der Waals surface area contributed by atoms with Gasteiger partial charge in [0.05, 0.1) is 17.8 Å². The van der Waals surface area contributed by atoms with Gasteiger partial charge in [-0.1, -0.05) is 11.6 Å². The second-order valence-corrected chi connectivity index (χ2v) is 5.47. The lowest BCUT2D eigenvalue weighted by atomic mass is 10.1. The highest BCUT2D eigenvalue weighted by Crippen LogP contribution is 2.24. The van der Waals surface area contributed by atoms with Crippen molar-refractivity contribution in [2.45, 2.75) is 6.92 Å². The summed E-state index contributed by atoms with van der Waals surface area (Å²) >= 11 is 6.07. The Morgan fingerprint density at radius 3 is 2.44 bits per heavy atom. The Kier molecular flexibility index (Phi) is 6.80. The molecule has 0 unspecified atom stereocenters. The Hall–Kier alpha value is -2.57. The van der Waals surface area contributed by atoms with Crippen LogP contribution in [0.3, 0.4) is 0 Å². The van der Waals surface area contributed by atoms with Crippen molar-refractivity contribution in [3.8, 4) is 5.75 Å². The van der Waals surface area contributed by atoms with Crippen LogP contribution in [0.2, 0.25) is 5.02 Å². The highest BCUT2D eigenvalue weighted by molar-refractivity contribution is 6.34. The summed E-state index contributed by atoms with van der Waals surface area (Å²) in [6.45, 7) is 2.16. The molecule has 0 atom stereocenters. The number of benzene rings is 2. The molecule has 25 heavy (non-hydrogen) atoms. The first kappa shape index (κ1) is 18.8. The second-order valence-electron chi connectivity index (χ2n) is 5.06. The first-order valence-electron chi connectivity index (χ1n) is 7.66. The minimum Gasteiger partial charge on any atom is -0.497 e. The molecule has 0 spiro atoms. The zero-order chi connectivity index (χ0) is 18.2. The van der Waals surface area contributed by atoms with Crippen LogP contribution in [-0.4, -0.2) is 32.1 Å². The van der Waals surface area contributed by atoms with Crippen molar-refractivity contribution in [1.29, 1.82) is 0 Å². The van der Waals surface area contributed by atoms with Crippen molar-refractivity contribution < 1.29 is 19.1 Å². The largest absolute Gasteiger partial charge is 0.497 e. The van der Waals surface area contributed by atoms with Crippen molar-refractivity contribution >= 4 is 34.8 Å². The fourth-order valence-electron chi connectivity index (χ4n) is 2.02. The van der Waals surface area contributed by atoms with E-state index in [-0.39, 0.29) is 18.4 Å². The third-order valence-corrected chi connectivity index (χ3v) is 3.62. The molecule has 2 aromatic rings. The fraction of sp³-hybridized carbons (Fsp3) is 0.222. The summed E-state index contributed by atoms with van der Waals surface area (Å²) in [7, 11) is 1.57. The van der Waals surface area contributed by atoms with E-state index in [9.17, 15) is 9.59 Å². The van der Waals surface area contributed by atoms with Gasteiger partial charge in [0.2, 0.25) is 5.91 Å². The summed E-state index contributed by atoms with van der Waals surface area (Å²) in [5.41, 5.74) is 1.35. The molecular weight excluding hydrogens is 344 g/mol. The third kappa shape index (κ3) is 5.48. The van der Waals surface area contributed by atoms with Crippen molar-refractivity contribution in [3.63, 3.8) is 0 Å². The minimum atomic E-state index is -0.337. The van der Waals surface area contributed by atoms with Crippen molar-refractivity contribution in [2.75, 3.05) is 31.0 Å². The Labute approximate surface area is 151 Å². The van der Waals surface area contributed by atoms with Crippen molar-refractivity contribution in [1.82, 2.24) is 0 Å². The van der Waals surface area contributed by atoms with E-state index in [1.54, 1.807) is 50.4 Å². The van der Waals surface area contributed by atoms with Gasteiger partial charge in [-0.3, -0.25) is 9.59 Å². The molecule has 2 amide bonds. The standard InChI is InChI=1S/C18H19ClN2O4/c1-3-25-11-17(22)21-16-10-12(4-9-15(16)19)18(23)20-13-5-7-14(24-2)8-6-13/h4-10H,3,11H2,1-2H3,(H,20,23)(H,21,22). The maximum absolute atomic E-state index is 12.4. The molecule has 0 aliphatic carbocycles. The molecule has 0 saturated carbocycles. The number of amides is 2. The molecule has 0 aliphatic heterocycles. The number of ether oxygens (including phenoxy) is 2. The predicted octanol–water partition coefficient (Wildman–Crippen LogP) is 3.58. The topological polar surface area (TPSA) is 76.7 Å². The van der Waals surface area contributed by atoms with E-state index in [0.29, 0.717) is 34.3 Å². The molecule has 0 aliphatic rings. The monoisotopic (exact) mass is 362 g/mol. The van der Waals surface area contributed by atoms with Gasteiger partial charge < -0.3 is 20.1 Å². The number of anilines is 2. The van der Waals surface area contributed by atoms with Gasteiger partial charge in [0, 0.05) is 17.9 Å². The fourth-order valence-corrected chi connectivity index (χ4v) is 2.19. The lowest BCUT2D eigenvalue weighted by molar-refractivity contribution is -0.120. The van der Waals surface area contributed by atoms with E-state index in [4.69, 9.17) is 21.1 Å². The average molecular weight is 363 g/mol. The van der Waals surface area contributed by atoms with Crippen molar-refractivity contribution in [2.24, 2.45) is 0 Å². The Morgan fingerprint density at radius 1 is 1.08 bits per heavy atom. The molecular formula is C18H19ClN2O4. The molecule has 2 N–H and O–H groups in total. The number of carbonyl (C=O) groups excluding carboxylic acids is 2. The van der Waals surface area contributed by atoms with E-state index in [1.807, 2.05) is 0 Å². The summed E-state index contributed by atoms with van der Waals surface area (Å²) in [6, 6.07) is 11.6. The van der Waals surface area contributed by atoms with Gasteiger partial charge in [0.25, 0.3) is 5.91 Å². The van der Waals surface area contributed by atoms with Crippen LogP contribution < -0.4 is 15.4 Å². The number of halogens is 1. The van der Waals surface area contributed by atoms with Gasteiger partial charge in [-0.25, -0.2) is 0 Å². The molecule has 6 nitrogen and oxygen atoms in total. The van der Waals surface area contributed by atoms with Crippen LogP contribution in [0.25, 0.3) is 0 Å². The van der Waals surface area contributed by atoms with Gasteiger partial charge in [-0.05, 0) is 49.4 Å². The van der Waals surface area contributed by atoms with Gasteiger partial charge in [-0.15, -0.1) is 0 Å². The highest BCUT2D eigenvalue weighted by Gasteiger charge is 2.11. The highest BCUT2D eigenvalue weighted by atomic mass is 35.5. The van der Waals surface area contributed by atoms with E-state index in [0.717, 1.165) is 0 Å². The Morgan fingerprint density at radius 2 is 1.80 bits per heavy atom. The zero-order valence-corrected chi connectivity index (χ0v) is 14.7. The number of rotatable bonds is 7. The molecule has 0 aromatic heterocycles. The van der Waals surface area contributed by atoms with E-state index < -0.39 is 0 Å². The molecule has 0 fully saturated rings. The number of methoxy groups -OCH3 is 1. The van der Waals surface area contributed by atoms with Crippen LogP contribution in [0.15, 0.2) is 42.5 Å². The van der Waals surface area contributed by atoms with E-state index >= 15 is 0 Å². The summed E-state index contributed by atoms with van der Waals surface area (Å²) in [5.74, 6) is 0.0439. The normalized spacial score (nSPS) is 10.2. The second kappa shape index (κ2) is 9.05.